The molecule has 1 aromatic carbocycles. The van der Waals surface area contributed by atoms with Crippen LogP contribution in [0.4, 0.5) is 0 Å². The molecule has 0 spiro atoms. The minimum Gasteiger partial charge on any atom is -0.507 e. The van der Waals surface area contributed by atoms with Crippen LogP contribution >= 0.6 is 0 Å². The van der Waals surface area contributed by atoms with Crippen LogP contribution in [0.1, 0.15) is 30.1 Å². The molecule has 4 heteroatoms. The average Bonchev–Trinajstić information content (AvgIpc) is 2.82. The Morgan fingerprint density at radius 2 is 2.29 bits per heavy atom. The maximum absolute atomic E-state index is 11.9. The van der Waals surface area contributed by atoms with Gasteiger partial charge in [0.2, 0.25) is 0 Å². The standard InChI is InChI=1S/C13H17NO3/c1-9(12-7-4-8-17-12)14-13(16)10-5-2-3-6-11(10)15/h2-3,5-6,9,12,15H,4,7-8H2,1H3,(H,14,16). The van der Waals surface area contributed by atoms with E-state index in [4.69, 9.17) is 4.74 Å². The van der Waals surface area contributed by atoms with Crippen molar-refractivity contribution < 1.29 is 14.6 Å². The summed E-state index contributed by atoms with van der Waals surface area (Å²) in [6, 6.07) is 6.49. The zero-order valence-electron chi connectivity index (χ0n) is 9.85. The number of para-hydroxylation sites is 1. The highest BCUT2D eigenvalue weighted by atomic mass is 16.5. The van der Waals surface area contributed by atoms with Gasteiger partial charge in [-0.05, 0) is 31.9 Å². The van der Waals surface area contributed by atoms with Crippen LogP contribution in [0.2, 0.25) is 0 Å². The molecule has 0 bridgehead atoms. The summed E-state index contributed by atoms with van der Waals surface area (Å²) in [5, 5.41) is 12.4. The third kappa shape index (κ3) is 2.77. The summed E-state index contributed by atoms with van der Waals surface area (Å²) in [5.74, 6) is -0.254. The van der Waals surface area contributed by atoms with Crippen molar-refractivity contribution in [3.8, 4) is 5.75 Å². The maximum atomic E-state index is 11.9. The first-order valence-electron chi connectivity index (χ1n) is 5.89. The Morgan fingerprint density at radius 1 is 1.53 bits per heavy atom. The quantitative estimate of drug-likeness (QED) is 0.838. The topological polar surface area (TPSA) is 58.6 Å². The monoisotopic (exact) mass is 235 g/mol. The molecule has 0 saturated carbocycles. The molecule has 2 atom stereocenters. The van der Waals surface area contributed by atoms with Crippen LogP contribution in [0.15, 0.2) is 24.3 Å². The van der Waals surface area contributed by atoms with E-state index in [1.165, 1.54) is 6.07 Å². The first kappa shape index (κ1) is 11.9. The van der Waals surface area contributed by atoms with Crippen molar-refractivity contribution in [1.82, 2.24) is 5.32 Å². The molecule has 1 fully saturated rings. The summed E-state index contributed by atoms with van der Waals surface area (Å²) in [4.78, 5) is 11.9. The summed E-state index contributed by atoms with van der Waals surface area (Å²) in [7, 11) is 0. The number of carbonyl (C=O) groups is 1. The summed E-state index contributed by atoms with van der Waals surface area (Å²) in [5.41, 5.74) is 0.303. The molecule has 2 rings (SSSR count). The van der Waals surface area contributed by atoms with E-state index in [1.807, 2.05) is 6.92 Å². The molecule has 17 heavy (non-hydrogen) atoms. The lowest BCUT2D eigenvalue weighted by molar-refractivity contribution is 0.0711. The van der Waals surface area contributed by atoms with Crippen LogP contribution in [-0.2, 0) is 4.74 Å². The normalized spacial score (nSPS) is 21.1. The molecule has 1 aliphatic rings. The van der Waals surface area contributed by atoms with Crippen LogP contribution < -0.4 is 5.32 Å². The Balaban J connectivity index is 1.99. The Hall–Kier alpha value is -1.55. The minimum atomic E-state index is -0.258. The highest BCUT2D eigenvalue weighted by Gasteiger charge is 2.24. The first-order chi connectivity index (χ1) is 8.18. The van der Waals surface area contributed by atoms with Crippen molar-refractivity contribution in [2.45, 2.75) is 31.9 Å². The Labute approximate surface area is 101 Å². The largest absolute Gasteiger partial charge is 0.507 e. The first-order valence-corrected chi connectivity index (χ1v) is 5.89. The summed E-state index contributed by atoms with van der Waals surface area (Å²) in [6.07, 6.45) is 2.11. The SMILES string of the molecule is CC(NC(=O)c1ccccc1O)C1CCCO1. The van der Waals surface area contributed by atoms with E-state index in [1.54, 1.807) is 18.2 Å². The molecule has 1 heterocycles. The van der Waals surface area contributed by atoms with Crippen molar-refractivity contribution in [2.24, 2.45) is 0 Å². The van der Waals surface area contributed by atoms with Crippen molar-refractivity contribution in [3.63, 3.8) is 0 Å². The second kappa shape index (κ2) is 5.19. The molecule has 1 aliphatic heterocycles. The van der Waals surface area contributed by atoms with Gasteiger partial charge in [0, 0.05) is 6.61 Å². The van der Waals surface area contributed by atoms with Gasteiger partial charge in [-0.3, -0.25) is 4.79 Å². The Bertz CT molecular complexity index is 399. The average molecular weight is 235 g/mol. The lowest BCUT2D eigenvalue weighted by atomic mass is 10.1. The number of aromatic hydroxyl groups is 1. The zero-order valence-corrected chi connectivity index (χ0v) is 9.85. The molecule has 1 amide bonds. The molecule has 0 radical (unpaired) electrons. The molecule has 0 aliphatic carbocycles. The van der Waals surface area contributed by atoms with Gasteiger partial charge < -0.3 is 15.2 Å². The van der Waals surface area contributed by atoms with Crippen LogP contribution in [-0.4, -0.2) is 29.8 Å². The molecule has 4 nitrogen and oxygen atoms in total. The number of hydrogen-bond donors (Lipinski definition) is 2. The molecule has 2 unspecified atom stereocenters. The van der Waals surface area contributed by atoms with Crippen LogP contribution in [0.5, 0.6) is 5.75 Å². The lowest BCUT2D eigenvalue weighted by Crippen LogP contribution is -2.40. The van der Waals surface area contributed by atoms with Crippen LogP contribution in [0.3, 0.4) is 0 Å². The van der Waals surface area contributed by atoms with Gasteiger partial charge >= 0.3 is 0 Å². The van der Waals surface area contributed by atoms with E-state index in [0.717, 1.165) is 19.4 Å². The Kier molecular flexibility index (Phi) is 3.64. The van der Waals surface area contributed by atoms with Gasteiger partial charge in [0.15, 0.2) is 0 Å². The molecule has 92 valence electrons. The van der Waals surface area contributed by atoms with Crippen molar-refractivity contribution in [2.75, 3.05) is 6.61 Å². The van der Waals surface area contributed by atoms with E-state index >= 15 is 0 Å². The van der Waals surface area contributed by atoms with Gasteiger partial charge in [0.25, 0.3) is 5.91 Å². The molecule has 1 saturated heterocycles. The number of ether oxygens (including phenoxy) is 1. The molecular formula is C13H17NO3. The van der Waals surface area contributed by atoms with Gasteiger partial charge in [-0.1, -0.05) is 12.1 Å². The zero-order chi connectivity index (χ0) is 12.3. The second-order valence-electron chi connectivity index (χ2n) is 4.33. The number of benzene rings is 1. The lowest BCUT2D eigenvalue weighted by Gasteiger charge is -2.20. The predicted octanol–water partition coefficient (Wildman–Crippen LogP) is 1.69. The predicted molar refractivity (Wildman–Crippen MR) is 64.0 cm³/mol. The fourth-order valence-corrected chi connectivity index (χ4v) is 2.04. The third-order valence-electron chi connectivity index (χ3n) is 3.03. The van der Waals surface area contributed by atoms with Gasteiger partial charge in [-0.15, -0.1) is 0 Å². The number of amides is 1. The van der Waals surface area contributed by atoms with Crippen molar-refractivity contribution in [3.05, 3.63) is 29.8 Å². The fraction of sp³-hybridized carbons (Fsp3) is 0.462. The highest BCUT2D eigenvalue weighted by molar-refractivity contribution is 5.96. The summed E-state index contributed by atoms with van der Waals surface area (Å²) >= 11 is 0. The maximum Gasteiger partial charge on any atom is 0.255 e. The van der Waals surface area contributed by atoms with E-state index < -0.39 is 0 Å². The summed E-state index contributed by atoms with van der Waals surface area (Å²) < 4.78 is 5.50. The highest BCUT2D eigenvalue weighted by Crippen LogP contribution is 2.18. The molecule has 1 aromatic rings. The van der Waals surface area contributed by atoms with E-state index in [0.29, 0.717) is 5.56 Å². The van der Waals surface area contributed by atoms with Gasteiger partial charge in [-0.25, -0.2) is 0 Å². The van der Waals surface area contributed by atoms with Crippen molar-refractivity contribution in [1.29, 1.82) is 0 Å². The Morgan fingerprint density at radius 3 is 2.94 bits per heavy atom. The van der Waals surface area contributed by atoms with Gasteiger partial charge in [0.05, 0.1) is 17.7 Å². The number of phenolic OH excluding ortho intramolecular Hbond substituents is 1. The number of hydrogen-bond acceptors (Lipinski definition) is 3. The number of rotatable bonds is 3. The van der Waals surface area contributed by atoms with Gasteiger partial charge in [-0.2, -0.15) is 0 Å². The molecule has 2 N–H and O–H groups in total. The molecule has 0 aromatic heterocycles. The van der Waals surface area contributed by atoms with Crippen molar-refractivity contribution >= 4 is 5.91 Å². The number of phenols is 1. The minimum absolute atomic E-state index is 0.00420. The number of nitrogens with one attached hydrogen (secondary N) is 1. The molecular weight excluding hydrogens is 218 g/mol. The van der Waals surface area contributed by atoms with E-state index in [-0.39, 0.29) is 23.8 Å². The van der Waals surface area contributed by atoms with E-state index in [9.17, 15) is 9.90 Å². The van der Waals surface area contributed by atoms with Crippen LogP contribution in [0.25, 0.3) is 0 Å². The fourth-order valence-electron chi connectivity index (χ4n) is 2.04. The van der Waals surface area contributed by atoms with Crippen LogP contribution in [0, 0.1) is 0 Å². The number of carbonyl (C=O) groups excluding carboxylic acids is 1. The summed E-state index contributed by atoms with van der Waals surface area (Å²) in [6.45, 7) is 2.69. The smallest absolute Gasteiger partial charge is 0.255 e. The third-order valence-corrected chi connectivity index (χ3v) is 3.03. The van der Waals surface area contributed by atoms with E-state index in [2.05, 4.69) is 5.32 Å². The van der Waals surface area contributed by atoms with Gasteiger partial charge in [0.1, 0.15) is 5.75 Å². The second-order valence-corrected chi connectivity index (χ2v) is 4.33.